The van der Waals surface area contributed by atoms with E-state index in [2.05, 4.69) is 6.92 Å². The maximum Gasteiger partial charge on any atom is 0.311 e. The number of hydrogen-bond acceptors (Lipinski definition) is 3. The largest absolute Gasteiger partial charge is 0.481 e. The number of carboxylic acids is 1. The van der Waals surface area contributed by atoms with Crippen LogP contribution in [0.4, 0.5) is 0 Å². The Morgan fingerprint density at radius 2 is 2.06 bits per heavy atom. The number of benzene rings is 1. The van der Waals surface area contributed by atoms with E-state index in [-0.39, 0.29) is 0 Å². The van der Waals surface area contributed by atoms with E-state index >= 15 is 0 Å². The van der Waals surface area contributed by atoms with Gasteiger partial charge in [0, 0.05) is 11.0 Å². The predicted octanol–water partition coefficient (Wildman–Crippen LogP) is 2.33. The first-order chi connectivity index (χ1) is 8.15. The smallest absolute Gasteiger partial charge is 0.311 e. The summed E-state index contributed by atoms with van der Waals surface area (Å²) in [5.74, 6) is -0.592. The molecule has 0 saturated carbocycles. The van der Waals surface area contributed by atoms with Gasteiger partial charge >= 0.3 is 5.97 Å². The van der Waals surface area contributed by atoms with Gasteiger partial charge in [-0.25, -0.2) is 0 Å². The zero-order chi connectivity index (χ0) is 12.7. The fourth-order valence-corrected chi connectivity index (χ4v) is 2.73. The zero-order valence-corrected chi connectivity index (χ0v) is 10.8. The van der Waals surface area contributed by atoms with Crippen LogP contribution in [0, 0.1) is 0 Å². The van der Waals surface area contributed by atoms with Gasteiger partial charge in [-0.15, -0.1) is 0 Å². The summed E-state index contributed by atoms with van der Waals surface area (Å²) in [5.41, 5.74) is 6.35. The monoisotopic (exact) mass is 253 g/mol. The molecule has 1 aromatic rings. The Morgan fingerprint density at radius 3 is 2.59 bits per heavy atom. The lowest BCUT2D eigenvalue weighted by Gasteiger charge is -2.15. The summed E-state index contributed by atoms with van der Waals surface area (Å²) in [4.78, 5) is 11.2. The molecule has 0 aliphatic carbocycles. The third kappa shape index (κ3) is 4.79. The standard InChI is InChI=1S/C13H19NO2S/c1-10(7-8-14)17-9-12(13(15)16)11-5-3-2-4-6-11/h2-6,10,12H,7-9,14H2,1H3,(H,15,16). The molecular formula is C13H19NO2S. The van der Waals surface area contributed by atoms with Crippen molar-refractivity contribution < 1.29 is 9.90 Å². The van der Waals surface area contributed by atoms with Crippen LogP contribution in [0.5, 0.6) is 0 Å². The molecule has 0 aliphatic heterocycles. The summed E-state index contributed by atoms with van der Waals surface area (Å²) in [7, 11) is 0. The number of carbonyl (C=O) groups is 1. The zero-order valence-electron chi connectivity index (χ0n) is 10.0. The minimum Gasteiger partial charge on any atom is -0.481 e. The molecule has 0 aliphatic rings. The highest BCUT2D eigenvalue weighted by molar-refractivity contribution is 7.99. The molecule has 0 radical (unpaired) electrons. The molecule has 0 aromatic heterocycles. The summed E-state index contributed by atoms with van der Waals surface area (Å²) in [5, 5.41) is 9.64. The van der Waals surface area contributed by atoms with E-state index in [1.165, 1.54) is 0 Å². The normalized spacial score (nSPS) is 14.2. The van der Waals surface area contributed by atoms with Crippen LogP contribution in [0.3, 0.4) is 0 Å². The number of carboxylic acid groups (broad SMARTS) is 1. The van der Waals surface area contributed by atoms with Crippen LogP contribution in [-0.2, 0) is 4.79 Å². The van der Waals surface area contributed by atoms with Crippen LogP contribution in [0.25, 0.3) is 0 Å². The second-order valence-corrected chi connectivity index (χ2v) is 5.49. The van der Waals surface area contributed by atoms with Crippen molar-refractivity contribution in [1.29, 1.82) is 0 Å². The SMILES string of the molecule is CC(CCN)SCC(C(=O)O)c1ccccc1. The molecule has 4 heteroatoms. The Kier molecular flexibility index (Phi) is 6.08. The Morgan fingerprint density at radius 1 is 1.41 bits per heavy atom. The van der Waals surface area contributed by atoms with E-state index in [1.807, 2.05) is 30.3 Å². The maximum atomic E-state index is 11.2. The van der Waals surface area contributed by atoms with Crippen molar-refractivity contribution in [2.24, 2.45) is 5.73 Å². The summed E-state index contributed by atoms with van der Waals surface area (Å²) >= 11 is 1.67. The molecule has 1 aromatic carbocycles. The van der Waals surface area contributed by atoms with Crippen LogP contribution < -0.4 is 5.73 Å². The fourth-order valence-electron chi connectivity index (χ4n) is 1.57. The molecule has 3 nitrogen and oxygen atoms in total. The van der Waals surface area contributed by atoms with E-state index in [0.29, 0.717) is 17.5 Å². The van der Waals surface area contributed by atoms with Crippen LogP contribution in [0.15, 0.2) is 30.3 Å². The van der Waals surface area contributed by atoms with Crippen molar-refractivity contribution in [2.45, 2.75) is 24.5 Å². The molecule has 0 fully saturated rings. The van der Waals surface area contributed by atoms with Gasteiger partial charge in [-0.1, -0.05) is 37.3 Å². The van der Waals surface area contributed by atoms with E-state index in [1.54, 1.807) is 11.8 Å². The molecule has 0 spiro atoms. The van der Waals surface area contributed by atoms with Crippen molar-refractivity contribution in [3.63, 3.8) is 0 Å². The Hall–Kier alpha value is -1.00. The molecule has 0 amide bonds. The van der Waals surface area contributed by atoms with Crippen LogP contribution in [-0.4, -0.2) is 28.6 Å². The van der Waals surface area contributed by atoms with Gasteiger partial charge in [0.1, 0.15) is 0 Å². The molecule has 0 heterocycles. The van der Waals surface area contributed by atoms with Gasteiger partial charge in [0.05, 0.1) is 5.92 Å². The van der Waals surface area contributed by atoms with Crippen molar-refractivity contribution in [1.82, 2.24) is 0 Å². The van der Waals surface area contributed by atoms with Crippen LogP contribution >= 0.6 is 11.8 Å². The van der Waals surface area contributed by atoms with Gasteiger partial charge in [0.25, 0.3) is 0 Å². The Bertz CT molecular complexity index is 343. The second kappa shape index (κ2) is 7.35. The van der Waals surface area contributed by atoms with Gasteiger partial charge in [-0.3, -0.25) is 4.79 Å². The molecule has 1 rings (SSSR count). The Labute approximate surface area is 106 Å². The number of nitrogens with two attached hydrogens (primary N) is 1. The third-order valence-electron chi connectivity index (χ3n) is 2.62. The van der Waals surface area contributed by atoms with Gasteiger partial charge < -0.3 is 10.8 Å². The maximum absolute atomic E-state index is 11.2. The molecule has 17 heavy (non-hydrogen) atoms. The van der Waals surface area contributed by atoms with Crippen molar-refractivity contribution >= 4 is 17.7 Å². The number of hydrogen-bond donors (Lipinski definition) is 2. The summed E-state index contributed by atoms with van der Waals surface area (Å²) in [6, 6.07) is 9.38. The van der Waals surface area contributed by atoms with E-state index in [9.17, 15) is 9.90 Å². The lowest BCUT2D eigenvalue weighted by Crippen LogP contribution is -2.16. The lowest BCUT2D eigenvalue weighted by atomic mass is 10.0. The van der Waals surface area contributed by atoms with Gasteiger partial charge in [-0.05, 0) is 18.5 Å². The van der Waals surface area contributed by atoms with E-state index < -0.39 is 11.9 Å². The first-order valence-corrected chi connectivity index (χ1v) is 6.79. The summed E-state index contributed by atoms with van der Waals surface area (Å²) in [6.45, 7) is 2.73. The average molecular weight is 253 g/mol. The minimum absolute atomic E-state index is 0.408. The van der Waals surface area contributed by atoms with Crippen molar-refractivity contribution in [3.8, 4) is 0 Å². The first-order valence-electron chi connectivity index (χ1n) is 5.74. The van der Waals surface area contributed by atoms with Gasteiger partial charge in [-0.2, -0.15) is 11.8 Å². The third-order valence-corrected chi connectivity index (χ3v) is 3.95. The molecule has 3 N–H and O–H groups in total. The van der Waals surface area contributed by atoms with E-state index in [4.69, 9.17) is 5.73 Å². The molecule has 0 bridgehead atoms. The van der Waals surface area contributed by atoms with Crippen molar-refractivity contribution in [2.75, 3.05) is 12.3 Å². The van der Waals surface area contributed by atoms with E-state index in [0.717, 1.165) is 12.0 Å². The average Bonchev–Trinajstić information content (AvgIpc) is 2.30. The lowest BCUT2D eigenvalue weighted by molar-refractivity contribution is -0.138. The summed E-state index contributed by atoms with van der Waals surface area (Å²) < 4.78 is 0. The minimum atomic E-state index is -0.761. The number of rotatable bonds is 7. The predicted molar refractivity (Wildman–Crippen MR) is 72.4 cm³/mol. The fraction of sp³-hybridized carbons (Fsp3) is 0.462. The van der Waals surface area contributed by atoms with Gasteiger partial charge in [0.15, 0.2) is 0 Å². The summed E-state index contributed by atoms with van der Waals surface area (Å²) in [6.07, 6.45) is 0.922. The highest BCUT2D eigenvalue weighted by Gasteiger charge is 2.20. The molecule has 2 atom stereocenters. The van der Waals surface area contributed by atoms with Crippen molar-refractivity contribution in [3.05, 3.63) is 35.9 Å². The molecular weight excluding hydrogens is 234 g/mol. The number of thioether (sulfide) groups is 1. The highest BCUT2D eigenvalue weighted by atomic mass is 32.2. The van der Waals surface area contributed by atoms with Gasteiger partial charge in [0.2, 0.25) is 0 Å². The van der Waals surface area contributed by atoms with Crippen LogP contribution in [0.2, 0.25) is 0 Å². The molecule has 2 unspecified atom stereocenters. The molecule has 0 saturated heterocycles. The van der Waals surface area contributed by atoms with Crippen LogP contribution in [0.1, 0.15) is 24.8 Å². The molecule has 94 valence electrons. The Balaban J connectivity index is 2.59. The first kappa shape index (κ1) is 14.1. The topological polar surface area (TPSA) is 63.3 Å². The quantitative estimate of drug-likeness (QED) is 0.783. The number of aliphatic carboxylic acids is 1. The highest BCUT2D eigenvalue weighted by Crippen LogP contribution is 2.24. The second-order valence-electron chi connectivity index (χ2n) is 4.02.